The van der Waals surface area contributed by atoms with E-state index < -0.39 is 5.97 Å². The van der Waals surface area contributed by atoms with Crippen LogP contribution in [0.15, 0.2) is 22.7 Å². The van der Waals surface area contributed by atoms with E-state index in [1.165, 1.54) is 6.07 Å². The Morgan fingerprint density at radius 3 is 3.06 bits per heavy atom. The topological polar surface area (TPSA) is 55.8 Å². The molecule has 1 unspecified atom stereocenters. The highest BCUT2D eigenvalue weighted by Gasteiger charge is 2.19. The number of carboxylic acid groups (broad SMARTS) is 1. The van der Waals surface area contributed by atoms with Crippen molar-refractivity contribution >= 4 is 21.9 Å². The van der Waals surface area contributed by atoms with Crippen LogP contribution in [-0.4, -0.2) is 30.4 Å². The number of carboxylic acids is 1. The van der Waals surface area contributed by atoms with Gasteiger partial charge in [-0.2, -0.15) is 0 Å². The zero-order valence-electron chi connectivity index (χ0n) is 9.19. The summed E-state index contributed by atoms with van der Waals surface area (Å²) in [7, 11) is 0. The molecule has 92 valence electrons. The average Bonchev–Trinajstić information content (AvgIpc) is 2.80. The Labute approximate surface area is 108 Å². The van der Waals surface area contributed by atoms with Crippen molar-refractivity contribution < 1.29 is 19.4 Å². The predicted octanol–water partition coefficient (Wildman–Crippen LogP) is 2.71. The molecular formula is C12H13BrO4. The number of carbonyl (C=O) groups is 1. The first-order chi connectivity index (χ1) is 8.18. The Hall–Kier alpha value is -1.07. The van der Waals surface area contributed by atoms with Crippen LogP contribution in [0.2, 0.25) is 0 Å². The summed E-state index contributed by atoms with van der Waals surface area (Å²) in [4.78, 5) is 11.0. The van der Waals surface area contributed by atoms with Gasteiger partial charge in [0.1, 0.15) is 17.9 Å². The van der Waals surface area contributed by atoms with Gasteiger partial charge in [-0.15, -0.1) is 0 Å². The number of aromatic carboxylic acids is 1. The Balaban J connectivity index is 2.10. The molecule has 0 amide bonds. The molecule has 0 aliphatic carbocycles. The van der Waals surface area contributed by atoms with Crippen LogP contribution in [0, 0.1) is 0 Å². The van der Waals surface area contributed by atoms with Crippen molar-refractivity contribution in [3.63, 3.8) is 0 Å². The number of hydrogen-bond donors (Lipinski definition) is 1. The summed E-state index contributed by atoms with van der Waals surface area (Å²) in [5, 5.41) is 9.05. The number of hydrogen-bond acceptors (Lipinski definition) is 3. The van der Waals surface area contributed by atoms with Crippen molar-refractivity contribution in [2.45, 2.75) is 18.9 Å². The quantitative estimate of drug-likeness (QED) is 0.929. The molecule has 1 aromatic rings. The molecule has 1 aromatic carbocycles. The van der Waals surface area contributed by atoms with E-state index in [-0.39, 0.29) is 11.7 Å². The number of rotatable bonds is 4. The van der Waals surface area contributed by atoms with Crippen molar-refractivity contribution in [2.75, 3.05) is 13.2 Å². The molecule has 1 saturated heterocycles. The van der Waals surface area contributed by atoms with E-state index >= 15 is 0 Å². The average molecular weight is 301 g/mol. The third-order valence-electron chi connectivity index (χ3n) is 2.63. The van der Waals surface area contributed by atoms with Crippen molar-refractivity contribution in [3.8, 4) is 5.75 Å². The molecule has 2 rings (SSSR count). The first-order valence-electron chi connectivity index (χ1n) is 5.44. The third-order valence-corrected chi connectivity index (χ3v) is 3.26. The molecule has 1 atom stereocenters. The summed E-state index contributed by atoms with van der Waals surface area (Å²) in [6, 6.07) is 4.96. The summed E-state index contributed by atoms with van der Waals surface area (Å²) < 4.78 is 11.6. The predicted molar refractivity (Wildman–Crippen MR) is 65.6 cm³/mol. The number of para-hydroxylation sites is 1. The second kappa shape index (κ2) is 5.51. The van der Waals surface area contributed by atoms with Gasteiger partial charge in [0.05, 0.1) is 10.6 Å². The molecule has 0 bridgehead atoms. The summed E-state index contributed by atoms with van der Waals surface area (Å²) in [5.41, 5.74) is 0.164. The van der Waals surface area contributed by atoms with E-state index in [1.54, 1.807) is 12.1 Å². The van der Waals surface area contributed by atoms with E-state index in [4.69, 9.17) is 14.6 Å². The summed E-state index contributed by atoms with van der Waals surface area (Å²) >= 11 is 3.30. The lowest BCUT2D eigenvalue weighted by atomic mass is 10.2. The molecule has 1 N–H and O–H groups in total. The largest absolute Gasteiger partial charge is 0.489 e. The molecule has 0 radical (unpaired) electrons. The minimum absolute atomic E-state index is 0.0729. The second-order valence-electron chi connectivity index (χ2n) is 3.87. The number of halogens is 1. The molecular weight excluding hydrogens is 288 g/mol. The minimum Gasteiger partial charge on any atom is -0.489 e. The van der Waals surface area contributed by atoms with Gasteiger partial charge in [0.2, 0.25) is 0 Å². The van der Waals surface area contributed by atoms with Gasteiger partial charge in [0.25, 0.3) is 0 Å². The van der Waals surface area contributed by atoms with Crippen molar-refractivity contribution in [2.24, 2.45) is 0 Å². The van der Waals surface area contributed by atoms with Crippen LogP contribution in [0.5, 0.6) is 5.75 Å². The van der Waals surface area contributed by atoms with Gasteiger partial charge < -0.3 is 14.6 Å². The smallest absolute Gasteiger partial charge is 0.339 e. The van der Waals surface area contributed by atoms with Crippen LogP contribution in [0.3, 0.4) is 0 Å². The molecule has 5 heteroatoms. The molecule has 4 nitrogen and oxygen atoms in total. The van der Waals surface area contributed by atoms with Gasteiger partial charge in [0, 0.05) is 6.61 Å². The van der Waals surface area contributed by atoms with Crippen molar-refractivity contribution in [3.05, 3.63) is 28.2 Å². The number of ether oxygens (including phenoxy) is 2. The van der Waals surface area contributed by atoms with Crippen LogP contribution in [-0.2, 0) is 4.74 Å². The van der Waals surface area contributed by atoms with Crippen LogP contribution < -0.4 is 4.74 Å². The molecule has 1 aliphatic heterocycles. The lowest BCUT2D eigenvalue weighted by Gasteiger charge is -2.14. The maximum atomic E-state index is 11.0. The van der Waals surface area contributed by atoms with Crippen molar-refractivity contribution in [1.29, 1.82) is 0 Å². The lowest BCUT2D eigenvalue weighted by molar-refractivity contribution is 0.0627. The molecule has 1 fully saturated rings. The van der Waals surface area contributed by atoms with E-state index in [0.717, 1.165) is 19.4 Å². The van der Waals surface area contributed by atoms with E-state index in [9.17, 15) is 4.79 Å². The molecule has 0 spiro atoms. The molecule has 0 saturated carbocycles. The Morgan fingerprint density at radius 1 is 1.59 bits per heavy atom. The normalized spacial score (nSPS) is 19.2. The summed E-state index contributed by atoms with van der Waals surface area (Å²) in [6.07, 6.45) is 2.08. The Morgan fingerprint density at radius 2 is 2.41 bits per heavy atom. The van der Waals surface area contributed by atoms with E-state index in [1.807, 2.05) is 0 Å². The van der Waals surface area contributed by atoms with Crippen LogP contribution in [0.1, 0.15) is 23.2 Å². The molecule has 0 aromatic heterocycles. The zero-order valence-corrected chi connectivity index (χ0v) is 10.8. The summed E-state index contributed by atoms with van der Waals surface area (Å²) in [6.45, 7) is 1.15. The highest BCUT2D eigenvalue weighted by atomic mass is 79.9. The first kappa shape index (κ1) is 12.4. The van der Waals surface area contributed by atoms with Gasteiger partial charge in [-0.3, -0.25) is 0 Å². The molecule has 1 aliphatic rings. The fraction of sp³-hybridized carbons (Fsp3) is 0.417. The van der Waals surface area contributed by atoms with Crippen LogP contribution in [0.4, 0.5) is 0 Å². The van der Waals surface area contributed by atoms with Gasteiger partial charge >= 0.3 is 5.97 Å². The van der Waals surface area contributed by atoms with Gasteiger partial charge in [-0.1, -0.05) is 6.07 Å². The number of benzene rings is 1. The third kappa shape index (κ3) is 2.98. The fourth-order valence-electron chi connectivity index (χ4n) is 1.78. The standard InChI is InChI=1S/C12H13BrO4/c13-10-5-1-4-9(12(14)15)11(10)17-7-8-3-2-6-16-8/h1,4-5,8H,2-3,6-7H2,(H,14,15). The Bertz CT molecular complexity index is 413. The van der Waals surface area contributed by atoms with E-state index in [0.29, 0.717) is 16.8 Å². The van der Waals surface area contributed by atoms with Crippen molar-refractivity contribution in [1.82, 2.24) is 0 Å². The maximum absolute atomic E-state index is 11.0. The van der Waals surface area contributed by atoms with Crippen LogP contribution in [0.25, 0.3) is 0 Å². The first-order valence-corrected chi connectivity index (χ1v) is 6.24. The Kier molecular flexibility index (Phi) is 4.02. The second-order valence-corrected chi connectivity index (χ2v) is 4.72. The highest BCUT2D eigenvalue weighted by molar-refractivity contribution is 9.10. The molecule has 17 heavy (non-hydrogen) atoms. The van der Waals surface area contributed by atoms with E-state index in [2.05, 4.69) is 15.9 Å². The van der Waals surface area contributed by atoms with Crippen LogP contribution >= 0.6 is 15.9 Å². The lowest BCUT2D eigenvalue weighted by Crippen LogP contribution is -2.17. The maximum Gasteiger partial charge on any atom is 0.339 e. The zero-order chi connectivity index (χ0) is 12.3. The van der Waals surface area contributed by atoms with Gasteiger partial charge in [-0.25, -0.2) is 4.79 Å². The highest BCUT2D eigenvalue weighted by Crippen LogP contribution is 2.29. The van der Waals surface area contributed by atoms with Gasteiger partial charge in [-0.05, 0) is 40.9 Å². The van der Waals surface area contributed by atoms with Gasteiger partial charge in [0.15, 0.2) is 0 Å². The fourth-order valence-corrected chi connectivity index (χ4v) is 2.26. The monoisotopic (exact) mass is 300 g/mol. The SMILES string of the molecule is O=C(O)c1cccc(Br)c1OCC1CCCO1. The molecule has 1 heterocycles. The minimum atomic E-state index is -0.992. The summed E-state index contributed by atoms with van der Waals surface area (Å²) in [5.74, 6) is -0.621.